The van der Waals surface area contributed by atoms with Crippen molar-refractivity contribution in [1.29, 1.82) is 0 Å². The Labute approximate surface area is 126 Å². The van der Waals surface area contributed by atoms with Crippen molar-refractivity contribution in [1.82, 2.24) is 19.7 Å². The van der Waals surface area contributed by atoms with Crippen LogP contribution in [0.2, 0.25) is 0 Å². The molecule has 0 fully saturated rings. The number of nitrogens with zero attached hydrogens (tertiary/aromatic N) is 4. The highest BCUT2D eigenvalue weighted by molar-refractivity contribution is 6.05. The first-order valence-electron chi connectivity index (χ1n) is 6.64. The summed E-state index contributed by atoms with van der Waals surface area (Å²) in [5.41, 5.74) is 7.47. The zero-order chi connectivity index (χ0) is 15.5. The van der Waals surface area contributed by atoms with E-state index in [-0.39, 0.29) is 11.5 Å². The molecule has 0 unspecified atom stereocenters. The molecule has 0 aliphatic heterocycles. The molecule has 7 nitrogen and oxygen atoms in total. The van der Waals surface area contributed by atoms with Gasteiger partial charge in [0.15, 0.2) is 17.3 Å². The molecule has 110 valence electrons. The number of carbonyl (C=O) groups excluding carboxylic acids is 1. The van der Waals surface area contributed by atoms with Crippen LogP contribution in [0.5, 0.6) is 0 Å². The minimum Gasteiger partial charge on any atom is -0.382 e. The number of para-hydroxylation sites is 1. The highest BCUT2D eigenvalue weighted by Gasteiger charge is 2.15. The molecule has 0 bridgehead atoms. The van der Waals surface area contributed by atoms with Gasteiger partial charge in [-0.2, -0.15) is 0 Å². The van der Waals surface area contributed by atoms with Crippen molar-refractivity contribution >= 4 is 17.5 Å². The SMILES string of the molecule is Cc1cn(-c2ccccc2)nc1NC(=O)c1nccnc1N. The van der Waals surface area contributed by atoms with E-state index in [0.717, 1.165) is 11.3 Å². The lowest BCUT2D eigenvalue weighted by Crippen LogP contribution is -2.17. The Kier molecular flexibility index (Phi) is 3.53. The Bertz CT molecular complexity index is 812. The highest BCUT2D eigenvalue weighted by Crippen LogP contribution is 2.17. The molecule has 0 aliphatic carbocycles. The summed E-state index contributed by atoms with van der Waals surface area (Å²) in [5.74, 6) is 0.103. The smallest absolute Gasteiger partial charge is 0.279 e. The minimum absolute atomic E-state index is 0.0798. The van der Waals surface area contributed by atoms with Crippen LogP contribution in [0.15, 0.2) is 48.9 Å². The van der Waals surface area contributed by atoms with Crippen molar-refractivity contribution in [2.45, 2.75) is 6.92 Å². The van der Waals surface area contributed by atoms with E-state index in [2.05, 4.69) is 20.4 Å². The molecule has 0 radical (unpaired) electrons. The third-order valence-corrected chi connectivity index (χ3v) is 3.09. The predicted molar refractivity (Wildman–Crippen MR) is 82.7 cm³/mol. The van der Waals surface area contributed by atoms with Crippen LogP contribution < -0.4 is 11.1 Å². The average molecular weight is 294 g/mol. The molecule has 0 spiro atoms. The Morgan fingerprint density at radius 2 is 1.91 bits per heavy atom. The van der Waals surface area contributed by atoms with E-state index in [4.69, 9.17) is 5.73 Å². The summed E-state index contributed by atoms with van der Waals surface area (Å²) < 4.78 is 1.70. The third-order valence-electron chi connectivity index (χ3n) is 3.09. The number of hydrogen-bond donors (Lipinski definition) is 2. The van der Waals surface area contributed by atoms with Gasteiger partial charge in [0.25, 0.3) is 5.91 Å². The number of amides is 1. The van der Waals surface area contributed by atoms with Gasteiger partial charge in [-0.25, -0.2) is 14.6 Å². The monoisotopic (exact) mass is 294 g/mol. The number of benzene rings is 1. The van der Waals surface area contributed by atoms with Crippen LogP contribution in [0.1, 0.15) is 16.1 Å². The fraction of sp³-hybridized carbons (Fsp3) is 0.0667. The first-order chi connectivity index (χ1) is 10.6. The molecule has 2 heterocycles. The fourth-order valence-corrected chi connectivity index (χ4v) is 1.99. The van der Waals surface area contributed by atoms with Crippen LogP contribution in [0.4, 0.5) is 11.6 Å². The summed E-state index contributed by atoms with van der Waals surface area (Å²) in [6, 6.07) is 9.63. The predicted octanol–water partition coefficient (Wildman–Crippen LogP) is 1.81. The first-order valence-corrected chi connectivity index (χ1v) is 6.64. The van der Waals surface area contributed by atoms with Gasteiger partial charge in [0.1, 0.15) is 0 Å². The number of aromatic nitrogens is 4. The number of anilines is 2. The molecule has 0 atom stereocenters. The van der Waals surface area contributed by atoms with Crippen LogP contribution in [0.3, 0.4) is 0 Å². The van der Waals surface area contributed by atoms with Crippen LogP contribution in [0, 0.1) is 6.92 Å². The zero-order valence-electron chi connectivity index (χ0n) is 11.9. The summed E-state index contributed by atoms with van der Waals surface area (Å²) in [5, 5.41) is 7.08. The molecule has 0 saturated carbocycles. The van der Waals surface area contributed by atoms with E-state index in [1.165, 1.54) is 12.4 Å². The maximum atomic E-state index is 12.2. The summed E-state index contributed by atoms with van der Waals surface area (Å²) in [6.45, 7) is 1.86. The van der Waals surface area contributed by atoms with Gasteiger partial charge in [-0.05, 0) is 19.1 Å². The number of nitrogen functional groups attached to an aromatic ring is 1. The van der Waals surface area contributed by atoms with E-state index in [9.17, 15) is 4.79 Å². The van der Waals surface area contributed by atoms with Gasteiger partial charge in [0.2, 0.25) is 0 Å². The second-order valence-electron chi connectivity index (χ2n) is 4.69. The summed E-state index contributed by atoms with van der Waals surface area (Å²) >= 11 is 0. The average Bonchev–Trinajstić information content (AvgIpc) is 2.89. The van der Waals surface area contributed by atoms with E-state index < -0.39 is 5.91 Å². The Hall–Kier alpha value is -3.22. The number of hydrogen-bond acceptors (Lipinski definition) is 5. The molecule has 3 N–H and O–H groups in total. The van der Waals surface area contributed by atoms with E-state index in [0.29, 0.717) is 5.82 Å². The Morgan fingerprint density at radius 1 is 1.18 bits per heavy atom. The van der Waals surface area contributed by atoms with Crippen molar-refractivity contribution in [3.8, 4) is 5.69 Å². The molecule has 1 aromatic carbocycles. The van der Waals surface area contributed by atoms with Gasteiger partial charge >= 0.3 is 0 Å². The van der Waals surface area contributed by atoms with E-state index in [1.54, 1.807) is 4.68 Å². The molecule has 0 aliphatic rings. The molecule has 22 heavy (non-hydrogen) atoms. The van der Waals surface area contributed by atoms with E-state index in [1.807, 2.05) is 43.5 Å². The lowest BCUT2D eigenvalue weighted by molar-refractivity contribution is 0.102. The second-order valence-corrected chi connectivity index (χ2v) is 4.69. The molecule has 7 heteroatoms. The van der Waals surface area contributed by atoms with Gasteiger partial charge in [0, 0.05) is 24.2 Å². The van der Waals surface area contributed by atoms with Crippen molar-refractivity contribution < 1.29 is 4.79 Å². The van der Waals surface area contributed by atoms with Crippen molar-refractivity contribution in [3.05, 3.63) is 60.2 Å². The first kappa shape index (κ1) is 13.7. The van der Waals surface area contributed by atoms with Gasteiger partial charge < -0.3 is 11.1 Å². The Morgan fingerprint density at radius 3 is 2.64 bits per heavy atom. The maximum Gasteiger partial charge on any atom is 0.279 e. The fourth-order valence-electron chi connectivity index (χ4n) is 1.99. The van der Waals surface area contributed by atoms with E-state index >= 15 is 0 Å². The number of nitrogens with one attached hydrogen (secondary N) is 1. The zero-order valence-corrected chi connectivity index (χ0v) is 11.9. The third kappa shape index (κ3) is 2.64. The topological polar surface area (TPSA) is 98.7 Å². The van der Waals surface area contributed by atoms with Crippen LogP contribution in [-0.2, 0) is 0 Å². The van der Waals surface area contributed by atoms with Gasteiger partial charge in [0.05, 0.1) is 5.69 Å². The number of carbonyl (C=O) groups is 1. The van der Waals surface area contributed by atoms with Crippen LogP contribution in [-0.4, -0.2) is 25.7 Å². The number of nitrogens with two attached hydrogens (primary N) is 1. The molecule has 0 saturated heterocycles. The number of aryl methyl sites for hydroxylation is 1. The minimum atomic E-state index is -0.438. The lowest BCUT2D eigenvalue weighted by atomic mass is 10.3. The summed E-state index contributed by atoms with van der Waals surface area (Å²) in [7, 11) is 0. The molecular weight excluding hydrogens is 280 g/mol. The van der Waals surface area contributed by atoms with Gasteiger partial charge in [-0.15, -0.1) is 5.10 Å². The van der Waals surface area contributed by atoms with Crippen LogP contribution >= 0.6 is 0 Å². The molecule has 3 rings (SSSR count). The normalized spacial score (nSPS) is 10.4. The van der Waals surface area contributed by atoms with Crippen molar-refractivity contribution in [2.24, 2.45) is 0 Å². The molecule has 3 aromatic rings. The second kappa shape index (κ2) is 5.65. The van der Waals surface area contributed by atoms with Crippen molar-refractivity contribution in [2.75, 3.05) is 11.1 Å². The number of rotatable bonds is 3. The van der Waals surface area contributed by atoms with Crippen LogP contribution in [0.25, 0.3) is 5.69 Å². The quantitative estimate of drug-likeness (QED) is 0.767. The maximum absolute atomic E-state index is 12.2. The summed E-state index contributed by atoms with van der Waals surface area (Å²) in [4.78, 5) is 20.0. The Balaban J connectivity index is 1.86. The highest BCUT2D eigenvalue weighted by atomic mass is 16.2. The summed E-state index contributed by atoms with van der Waals surface area (Å²) in [6.07, 6.45) is 4.69. The standard InChI is InChI=1S/C15H14N6O/c1-10-9-21(11-5-3-2-4-6-11)20-14(10)19-15(22)12-13(16)18-8-7-17-12/h2-9H,1H3,(H2,16,18)(H,19,20,22). The van der Waals surface area contributed by atoms with Crippen molar-refractivity contribution in [3.63, 3.8) is 0 Å². The largest absolute Gasteiger partial charge is 0.382 e. The molecule has 1 amide bonds. The molecular formula is C15H14N6O. The molecule has 2 aromatic heterocycles. The van der Waals surface area contributed by atoms with Gasteiger partial charge in [-0.3, -0.25) is 4.79 Å². The van der Waals surface area contributed by atoms with Gasteiger partial charge in [-0.1, -0.05) is 18.2 Å². The lowest BCUT2D eigenvalue weighted by Gasteiger charge is -2.04.